The number of hydrogen-bond acceptors (Lipinski definition) is 5. The molecule has 1 saturated carbocycles. The molecule has 0 amide bonds. The number of carbonyl (C=O) groups is 1. The molecular formula is C27H30Br2O5. The van der Waals surface area contributed by atoms with Gasteiger partial charge in [0.1, 0.15) is 0 Å². The highest BCUT2D eigenvalue weighted by Gasteiger charge is 2.24. The summed E-state index contributed by atoms with van der Waals surface area (Å²) in [4.78, 5) is 13.2. The van der Waals surface area contributed by atoms with Crippen LogP contribution in [0.2, 0.25) is 0 Å². The Bertz CT molecular complexity index is 1040. The summed E-state index contributed by atoms with van der Waals surface area (Å²) in [6, 6.07) is 7.54. The first-order valence-corrected chi connectivity index (χ1v) is 12.8. The second kappa shape index (κ2) is 11.5. The SMILES string of the molecule is COc1cc(/C=C2/CC/C(=C\c3cc(OC)c(OC(C)C)cc3Br)C2=O)c(Br)cc1OC(C)C. The van der Waals surface area contributed by atoms with Crippen molar-refractivity contribution in [1.82, 2.24) is 0 Å². The first-order valence-electron chi connectivity index (χ1n) is 11.2. The molecule has 0 atom stereocenters. The number of carbonyl (C=O) groups excluding carboxylic acids is 1. The molecule has 3 rings (SSSR count). The normalized spacial score (nSPS) is 16.1. The van der Waals surface area contributed by atoms with E-state index < -0.39 is 0 Å². The van der Waals surface area contributed by atoms with Gasteiger partial charge in [-0.3, -0.25) is 4.79 Å². The number of hydrogen-bond donors (Lipinski definition) is 0. The van der Waals surface area contributed by atoms with Crippen LogP contribution in [0.3, 0.4) is 0 Å². The maximum Gasteiger partial charge on any atom is 0.185 e. The molecule has 0 heterocycles. The van der Waals surface area contributed by atoms with Crippen molar-refractivity contribution in [3.63, 3.8) is 0 Å². The Morgan fingerprint density at radius 1 is 0.706 bits per heavy atom. The topological polar surface area (TPSA) is 54.0 Å². The Balaban J connectivity index is 1.90. The summed E-state index contributed by atoms with van der Waals surface area (Å²) in [7, 11) is 3.22. The Morgan fingerprint density at radius 3 is 1.41 bits per heavy atom. The van der Waals surface area contributed by atoms with Crippen LogP contribution in [0.15, 0.2) is 44.4 Å². The van der Waals surface area contributed by atoms with Crippen LogP contribution in [0.5, 0.6) is 23.0 Å². The van der Waals surface area contributed by atoms with Crippen molar-refractivity contribution in [1.29, 1.82) is 0 Å². The summed E-state index contributed by atoms with van der Waals surface area (Å²) < 4.78 is 24.4. The molecule has 0 spiro atoms. The predicted molar refractivity (Wildman–Crippen MR) is 143 cm³/mol. The minimum Gasteiger partial charge on any atom is -0.493 e. The average molecular weight is 594 g/mol. The van der Waals surface area contributed by atoms with Crippen molar-refractivity contribution in [2.75, 3.05) is 14.2 Å². The molecule has 1 aliphatic carbocycles. The smallest absolute Gasteiger partial charge is 0.185 e. The van der Waals surface area contributed by atoms with E-state index in [1.54, 1.807) is 14.2 Å². The highest BCUT2D eigenvalue weighted by Crippen LogP contribution is 2.39. The van der Waals surface area contributed by atoms with Gasteiger partial charge in [0.25, 0.3) is 0 Å². The van der Waals surface area contributed by atoms with E-state index in [2.05, 4.69) is 31.9 Å². The van der Waals surface area contributed by atoms with Crippen molar-refractivity contribution < 1.29 is 23.7 Å². The van der Waals surface area contributed by atoms with Gasteiger partial charge in [-0.05, 0) is 88.1 Å². The average Bonchev–Trinajstić information content (AvgIpc) is 3.10. The summed E-state index contributed by atoms with van der Waals surface area (Å²) in [6.45, 7) is 7.86. The van der Waals surface area contributed by atoms with Crippen LogP contribution in [0, 0.1) is 0 Å². The van der Waals surface area contributed by atoms with Gasteiger partial charge >= 0.3 is 0 Å². The highest BCUT2D eigenvalue weighted by atomic mass is 79.9. The first-order chi connectivity index (χ1) is 16.1. The Hall–Kier alpha value is -2.25. The van der Waals surface area contributed by atoms with E-state index in [0.717, 1.165) is 31.2 Å². The molecule has 1 aliphatic rings. The second-order valence-electron chi connectivity index (χ2n) is 8.55. The van der Waals surface area contributed by atoms with Crippen LogP contribution in [-0.4, -0.2) is 32.2 Å². The molecule has 0 saturated heterocycles. The lowest BCUT2D eigenvalue weighted by Gasteiger charge is -2.15. The predicted octanol–water partition coefficient (Wildman–Crippen LogP) is 7.63. The molecule has 0 bridgehead atoms. The maximum absolute atomic E-state index is 13.2. The van der Waals surface area contributed by atoms with Crippen molar-refractivity contribution in [3.8, 4) is 23.0 Å². The number of allylic oxidation sites excluding steroid dienone is 2. The van der Waals surface area contributed by atoms with Crippen molar-refractivity contribution in [3.05, 3.63) is 55.5 Å². The van der Waals surface area contributed by atoms with Crippen molar-refractivity contribution >= 4 is 49.8 Å². The lowest BCUT2D eigenvalue weighted by atomic mass is 10.1. The summed E-state index contributed by atoms with van der Waals surface area (Å²) in [5, 5.41) is 0. The molecule has 2 aromatic carbocycles. The Kier molecular flexibility index (Phi) is 8.88. The zero-order valence-corrected chi connectivity index (χ0v) is 23.5. The van der Waals surface area contributed by atoms with Gasteiger partial charge in [-0.2, -0.15) is 0 Å². The molecule has 0 unspecified atom stereocenters. The summed E-state index contributed by atoms with van der Waals surface area (Å²) in [6.07, 6.45) is 5.24. The van der Waals surface area contributed by atoms with Gasteiger partial charge in [0, 0.05) is 20.1 Å². The van der Waals surface area contributed by atoms with E-state index in [4.69, 9.17) is 18.9 Å². The molecule has 2 aromatic rings. The molecule has 7 heteroatoms. The Labute approximate surface area is 218 Å². The number of methoxy groups -OCH3 is 2. The van der Waals surface area contributed by atoms with Crippen LogP contribution in [0.25, 0.3) is 12.2 Å². The molecule has 0 N–H and O–H groups in total. The number of ether oxygens (including phenoxy) is 4. The standard InChI is InChI=1S/C27H30Br2O5/c1-15(2)33-25-13-21(28)19(11-23(25)31-5)9-17-7-8-18(27(17)30)10-20-12-24(32-6)26(14-22(20)29)34-16(3)4/h9-16H,7-8H2,1-6H3/b17-9-,18-10+. The molecular weight excluding hydrogens is 564 g/mol. The van der Waals surface area contributed by atoms with Gasteiger partial charge in [-0.25, -0.2) is 0 Å². The fraction of sp³-hybridized carbons (Fsp3) is 0.370. The third-order valence-corrected chi connectivity index (χ3v) is 6.57. The minimum atomic E-state index is 0.0260. The molecule has 182 valence electrons. The lowest BCUT2D eigenvalue weighted by Crippen LogP contribution is -2.07. The van der Waals surface area contributed by atoms with Crippen molar-refractivity contribution in [2.45, 2.75) is 52.7 Å². The molecule has 34 heavy (non-hydrogen) atoms. The molecule has 1 fully saturated rings. The van der Waals surface area contributed by atoms with Gasteiger partial charge in [-0.15, -0.1) is 0 Å². The summed E-state index contributed by atoms with van der Waals surface area (Å²) in [5.41, 5.74) is 3.26. The third-order valence-electron chi connectivity index (χ3n) is 5.20. The highest BCUT2D eigenvalue weighted by molar-refractivity contribution is 9.10. The van der Waals surface area contributed by atoms with E-state index in [9.17, 15) is 4.79 Å². The van der Waals surface area contributed by atoms with E-state index in [1.165, 1.54) is 0 Å². The molecule has 0 radical (unpaired) electrons. The van der Waals surface area contributed by atoms with Crippen LogP contribution >= 0.6 is 31.9 Å². The number of benzene rings is 2. The number of halogens is 2. The van der Waals surface area contributed by atoms with E-state index >= 15 is 0 Å². The van der Waals surface area contributed by atoms with Gasteiger partial charge < -0.3 is 18.9 Å². The van der Waals surface area contributed by atoms with Crippen LogP contribution in [-0.2, 0) is 4.79 Å². The number of rotatable bonds is 8. The quantitative estimate of drug-likeness (QED) is 0.294. The first kappa shape index (κ1) is 26.4. The molecule has 0 aromatic heterocycles. The fourth-order valence-corrected chi connectivity index (χ4v) is 4.56. The van der Waals surface area contributed by atoms with Crippen LogP contribution < -0.4 is 18.9 Å². The van der Waals surface area contributed by atoms with E-state index in [1.807, 2.05) is 64.1 Å². The third kappa shape index (κ3) is 6.25. The fourth-order valence-electron chi connectivity index (χ4n) is 3.69. The van der Waals surface area contributed by atoms with Gasteiger partial charge in [0.2, 0.25) is 0 Å². The summed E-state index contributed by atoms with van der Waals surface area (Å²) >= 11 is 7.22. The van der Waals surface area contributed by atoms with E-state index in [-0.39, 0.29) is 18.0 Å². The van der Waals surface area contributed by atoms with Gasteiger partial charge in [0.05, 0.1) is 26.4 Å². The van der Waals surface area contributed by atoms with Crippen LogP contribution in [0.1, 0.15) is 51.7 Å². The Morgan fingerprint density at radius 2 is 1.09 bits per heavy atom. The van der Waals surface area contributed by atoms with E-state index in [0.29, 0.717) is 35.8 Å². The van der Waals surface area contributed by atoms with Gasteiger partial charge in [0.15, 0.2) is 28.8 Å². The molecule has 0 aliphatic heterocycles. The zero-order valence-electron chi connectivity index (χ0n) is 20.3. The number of Topliss-reactive ketones (excluding diaryl/α,β-unsaturated/α-hetero) is 1. The monoisotopic (exact) mass is 592 g/mol. The maximum atomic E-state index is 13.2. The largest absolute Gasteiger partial charge is 0.493 e. The van der Waals surface area contributed by atoms with Crippen molar-refractivity contribution in [2.24, 2.45) is 0 Å². The number of ketones is 1. The summed E-state index contributed by atoms with van der Waals surface area (Å²) in [5.74, 6) is 2.62. The lowest BCUT2D eigenvalue weighted by molar-refractivity contribution is -0.111. The van der Waals surface area contributed by atoms with Gasteiger partial charge in [-0.1, -0.05) is 31.9 Å². The zero-order chi connectivity index (χ0) is 25.0. The minimum absolute atomic E-state index is 0.0260. The van der Waals surface area contributed by atoms with Crippen LogP contribution in [0.4, 0.5) is 0 Å². The second-order valence-corrected chi connectivity index (χ2v) is 10.3. The molecule has 5 nitrogen and oxygen atoms in total.